The van der Waals surface area contributed by atoms with Crippen molar-refractivity contribution in [3.05, 3.63) is 35.4 Å². The van der Waals surface area contributed by atoms with E-state index in [4.69, 9.17) is 5.11 Å². The van der Waals surface area contributed by atoms with Gasteiger partial charge in [-0.3, -0.25) is 9.59 Å². The maximum absolute atomic E-state index is 12.0. The van der Waals surface area contributed by atoms with E-state index in [0.29, 0.717) is 13.0 Å². The molecule has 2 unspecified atom stereocenters. The van der Waals surface area contributed by atoms with Gasteiger partial charge in [-0.15, -0.1) is 0 Å². The molecule has 0 aromatic heterocycles. The van der Waals surface area contributed by atoms with Gasteiger partial charge in [-0.05, 0) is 18.1 Å². The topological polar surface area (TPSA) is 57.6 Å². The maximum atomic E-state index is 12.0. The fourth-order valence-corrected chi connectivity index (χ4v) is 2.34. The summed E-state index contributed by atoms with van der Waals surface area (Å²) >= 11 is 0. The Morgan fingerprint density at radius 1 is 1.38 bits per heavy atom. The summed E-state index contributed by atoms with van der Waals surface area (Å²) < 4.78 is 0. The van der Waals surface area contributed by atoms with Gasteiger partial charge >= 0.3 is 5.97 Å². The zero-order chi connectivity index (χ0) is 11.3. The third-order valence-corrected chi connectivity index (χ3v) is 3.32. The number of benzene rings is 1. The van der Waals surface area contributed by atoms with Crippen molar-refractivity contribution >= 4 is 11.9 Å². The Hall–Kier alpha value is -1.84. The lowest BCUT2D eigenvalue weighted by molar-refractivity contribution is -0.138. The first kappa shape index (κ1) is 9.39. The second kappa shape index (κ2) is 3.07. The van der Waals surface area contributed by atoms with Gasteiger partial charge in [0.25, 0.3) is 5.91 Å². The van der Waals surface area contributed by atoms with E-state index in [1.807, 2.05) is 18.2 Å². The molecule has 1 aromatic carbocycles. The number of carbonyl (C=O) groups excluding carboxylic acids is 1. The van der Waals surface area contributed by atoms with Crippen molar-refractivity contribution in [2.45, 2.75) is 19.0 Å². The molecule has 0 saturated heterocycles. The Balaban J connectivity index is 1.84. The number of hydrogen-bond donors (Lipinski definition) is 1. The minimum atomic E-state index is -0.797. The second-order valence-corrected chi connectivity index (χ2v) is 4.34. The van der Waals surface area contributed by atoms with Crippen molar-refractivity contribution in [1.29, 1.82) is 0 Å². The van der Waals surface area contributed by atoms with E-state index in [-0.39, 0.29) is 17.9 Å². The van der Waals surface area contributed by atoms with Gasteiger partial charge in [0.2, 0.25) is 0 Å². The van der Waals surface area contributed by atoms with Gasteiger partial charge in [0.15, 0.2) is 0 Å². The molecule has 0 bridgehead atoms. The number of hydrogen-bond acceptors (Lipinski definition) is 2. The number of amides is 1. The van der Waals surface area contributed by atoms with Crippen LogP contribution in [-0.2, 0) is 11.3 Å². The summed E-state index contributed by atoms with van der Waals surface area (Å²) in [6.07, 6.45) is 0.592. The number of carboxylic acid groups (broad SMARTS) is 1. The Morgan fingerprint density at radius 2 is 2.12 bits per heavy atom. The van der Waals surface area contributed by atoms with Crippen LogP contribution >= 0.6 is 0 Å². The molecule has 2 aliphatic rings. The lowest BCUT2D eigenvalue weighted by atomic mass is 10.1. The van der Waals surface area contributed by atoms with E-state index in [1.165, 1.54) is 0 Å². The van der Waals surface area contributed by atoms with Crippen LogP contribution in [0.1, 0.15) is 22.3 Å². The molecule has 1 aliphatic carbocycles. The second-order valence-electron chi connectivity index (χ2n) is 4.34. The Bertz CT molecular complexity index is 483. The van der Waals surface area contributed by atoms with Crippen LogP contribution in [0.25, 0.3) is 0 Å². The fraction of sp³-hybridized carbons (Fsp3) is 0.333. The molecule has 1 heterocycles. The SMILES string of the molecule is O=C(O)C1CC1N1Cc2ccccc2C1=O. The first-order valence-corrected chi connectivity index (χ1v) is 5.30. The summed E-state index contributed by atoms with van der Waals surface area (Å²) in [6, 6.07) is 7.36. The molecule has 0 spiro atoms. The van der Waals surface area contributed by atoms with Gasteiger partial charge in [-0.25, -0.2) is 0 Å². The molecule has 0 radical (unpaired) electrons. The summed E-state index contributed by atoms with van der Waals surface area (Å²) in [6.45, 7) is 0.559. The molecular formula is C12H11NO3. The first-order valence-electron chi connectivity index (χ1n) is 5.30. The summed E-state index contributed by atoms with van der Waals surface area (Å²) in [7, 11) is 0. The van der Waals surface area contributed by atoms with Crippen LogP contribution in [0.5, 0.6) is 0 Å². The van der Waals surface area contributed by atoms with E-state index in [9.17, 15) is 9.59 Å². The molecule has 4 heteroatoms. The molecule has 1 saturated carbocycles. The molecule has 1 aromatic rings. The van der Waals surface area contributed by atoms with Crippen molar-refractivity contribution in [3.8, 4) is 0 Å². The highest BCUT2D eigenvalue weighted by Gasteiger charge is 2.50. The van der Waals surface area contributed by atoms with Gasteiger partial charge < -0.3 is 10.0 Å². The molecule has 16 heavy (non-hydrogen) atoms. The predicted octanol–water partition coefficient (Wildman–Crippen LogP) is 1.12. The summed E-state index contributed by atoms with van der Waals surface area (Å²) in [5.41, 5.74) is 1.72. The molecule has 82 valence electrons. The summed E-state index contributed by atoms with van der Waals surface area (Å²) in [5.74, 6) is -1.18. The zero-order valence-corrected chi connectivity index (χ0v) is 8.59. The van der Waals surface area contributed by atoms with Gasteiger partial charge in [0, 0.05) is 18.2 Å². The van der Waals surface area contributed by atoms with Crippen LogP contribution < -0.4 is 0 Å². The van der Waals surface area contributed by atoms with Gasteiger partial charge in [0.05, 0.1) is 5.92 Å². The van der Waals surface area contributed by atoms with E-state index >= 15 is 0 Å². The largest absolute Gasteiger partial charge is 0.481 e. The first-order chi connectivity index (χ1) is 7.68. The van der Waals surface area contributed by atoms with Crippen molar-refractivity contribution in [2.75, 3.05) is 0 Å². The summed E-state index contributed by atoms with van der Waals surface area (Å²) in [5, 5.41) is 8.85. The maximum Gasteiger partial charge on any atom is 0.308 e. The molecule has 1 N–H and O–H groups in total. The van der Waals surface area contributed by atoms with Crippen LogP contribution in [0, 0.1) is 5.92 Å². The Morgan fingerprint density at radius 3 is 2.75 bits per heavy atom. The third kappa shape index (κ3) is 1.23. The minimum absolute atomic E-state index is 0.0237. The monoisotopic (exact) mass is 217 g/mol. The van der Waals surface area contributed by atoms with Crippen LogP contribution in [0.4, 0.5) is 0 Å². The van der Waals surface area contributed by atoms with Gasteiger partial charge in [0.1, 0.15) is 0 Å². The summed E-state index contributed by atoms with van der Waals surface area (Å²) in [4.78, 5) is 24.4. The molecule has 1 aliphatic heterocycles. The number of aliphatic carboxylic acids is 1. The average Bonchev–Trinajstić information content (AvgIpc) is 3.00. The highest BCUT2D eigenvalue weighted by molar-refractivity contribution is 5.99. The quantitative estimate of drug-likeness (QED) is 0.807. The third-order valence-electron chi connectivity index (χ3n) is 3.32. The van der Waals surface area contributed by atoms with Gasteiger partial charge in [-0.2, -0.15) is 0 Å². The normalized spacial score (nSPS) is 26.8. The number of nitrogens with zero attached hydrogens (tertiary/aromatic N) is 1. The number of fused-ring (bicyclic) bond motifs is 1. The van der Waals surface area contributed by atoms with E-state index in [0.717, 1.165) is 11.1 Å². The van der Waals surface area contributed by atoms with Crippen LogP contribution in [0.2, 0.25) is 0 Å². The highest BCUT2D eigenvalue weighted by atomic mass is 16.4. The van der Waals surface area contributed by atoms with Crippen molar-refractivity contribution in [2.24, 2.45) is 5.92 Å². The lowest BCUT2D eigenvalue weighted by Crippen LogP contribution is -2.28. The van der Waals surface area contributed by atoms with Crippen LogP contribution in [0.3, 0.4) is 0 Å². The highest BCUT2D eigenvalue weighted by Crippen LogP contribution is 2.40. The van der Waals surface area contributed by atoms with Crippen LogP contribution in [0.15, 0.2) is 24.3 Å². The van der Waals surface area contributed by atoms with Crippen molar-refractivity contribution < 1.29 is 14.7 Å². The Labute approximate surface area is 92.5 Å². The standard InChI is InChI=1S/C12H11NO3/c14-11-8-4-2-1-3-7(8)6-13(11)10-5-9(10)12(15)16/h1-4,9-10H,5-6H2,(H,15,16). The Kier molecular flexibility index (Phi) is 1.80. The average molecular weight is 217 g/mol. The van der Waals surface area contributed by atoms with E-state index < -0.39 is 5.97 Å². The fourth-order valence-electron chi connectivity index (χ4n) is 2.34. The minimum Gasteiger partial charge on any atom is -0.481 e. The molecule has 3 rings (SSSR count). The smallest absolute Gasteiger partial charge is 0.308 e. The zero-order valence-electron chi connectivity index (χ0n) is 8.59. The van der Waals surface area contributed by atoms with Crippen molar-refractivity contribution in [3.63, 3.8) is 0 Å². The van der Waals surface area contributed by atoms with Gasteiger partial charge in [-0.1, -0.05) is 18.2 Å². The number of carboxylic acids is 1. The number of carbonyl (C=O) groups is 2. The molecular weight excluding hydrogens is 206 g/mol. The van der Waals surface area contributed by atoms with Crippen molar-refractivity contribution in [1.82, 2.24) is 4.90 Å². The number of rotatable bonds is 2. The predicted molar refractivity (Wildman–Crippen MR) is 55.8 cm³/mol. The molecule has 2 atom stereocenters. The van der Waals surface area contributed by atoms with E-state index in [2.05, 4.69) is 0 Å². The van der Waals surface area contributed by atoms with E-state index in [1.54, 1.807) is 11.0 Å². The molecule has 1 amide bonds. The van der Waals surface area contributed by atoms with Crippen LogP contribution in [-0.4, -0.2) is 27.9 Å². The molecule has 4 nitrogen and oxygen atoms in total. The lowest BCUT2D eigenvalue weighted by Gasteiger charge is -2.14. The molecule has 1 fully saturated rings.